The number of ether oxygens (including phenoxy) is 3. The Bertz CT molecular complexity index is 1170. The molecule has 1 atom stereocenters. The number of fused-ring (bicyclic) bond motifs is 2. The van der Waals surface area contributed by atoms with Crippen molar-refractivity contribution in [3.8, 4) is 34.9 Å². The average Bonchev–Trinajstić information content (AvgIpc) is 2.72. The van der Waals surface area contributed by atoms with Crippen LogP contribution in [0.1, 0.15) is 28.2 Å². The van der Waals surface area contributed by atoms with Gasteiger partial charge in [-0.05, 0) is 12.1 Å². The number of nitrogen functional groups attached to an aromatic ring is 2. The quantitative estimate of drug-likeness (QED) is 0.485. The van der Waals surface area contributed by atoms with Crippen LogP contribution in [0.25, 0.3) is 0 Å². The van der Waals surface area contributed by atoms with E-state index in [1.807, 2.05) is 12.1 Å². The van der Waals surface area contributed by atoms with E-state index in [2.05, 4.69) is 4.98 Å². The Morgan fingerprint density at radius 2 is 1.86 bits per heavy atom. The fourth-order valence-electron chi connectivity index (χ4n) is 3.58. The second kappa shape index (κ2) is 6.80. The molecule has 4 rings (SSSR count). The molecule has 146 valence electrons. The second-order valence-corrected chi connectivity index (χ2v) is 6.48. The molecule has 1 aliphatic heterocycles. The topological polar surface area (TPSA) is 137 Å². The summed E-state index contributed by atoms with van der Waals surface area (Å²) in [6, 6.07) is 12.2. The van der Waals surface area contributed by atoms with Crippen molar-refractivity contribution < 1.29 is 19.3 Å². The number of nitriles is 1. The number of phenolic OH excluding ortho intramolecular Hbond substituents is 1. The maximum Gasteiger partial charge on any atom is 0.227 e. The molecule has 0 saturated heterocycles. The summed E-state index contributed by atoms with van der Waals surface area (Å²) < 4.78 is 16.8. The summed E-state index contributed by atoms with van der Waals surface area (Å²) in [5.41, 5.74) is 14.5. The molecule has 1 aliphatic rings. The number of pyridine rings is 1. The van der Waals surface area contributed by atoms with Gasteiger partial charge in [-0.15, -0.1) is 0 Å². The highest BCUT2D eigenvalue weighted by molar-refractivity contribution is 5.76. The number of methoxy groups -OCH3 is 2. The molecular formula is C21H18N4O4. The molecule has 0 bridgehead atoms. The van der Waals surface area contributed by atoms with Crippen LogP contribution in [-0.4, -0.2) is 24.3 Å². The summed E-state index contributed by atoms with van der Waals surface area (Å²) in [5, 5.41) is 19.4. The van der Waals surface area contributed by atoms with Gasteiger partial charge in [0.05, 0.1) is 25.5 Å². The van der Waals surface area contributed by atoms with Crippen LogP contribution in [0.5, 0.6) is 28.9 Å². The number of phenols is 1. The zero-order valence-corrected chi connectivity index (χ0v) is 15.8. The first-order chi connectivity index (χ1) is 14.0. The fraction of sp³-hybridized carbons (Fsp3) is 0.143. The van der Waals surface area contributed by atoms with Crippen LogP contribution < -0.4 is 25.7 Å². The summed E-state index contributed by atoms with van der Waals surface area (Å²) in [6.45, 7) is 0. The van der Waals surface area contributed by atoms with Crippen LogP contribution in [0.4, 0.5) is 11.5 Å². The molecule has 0 spiro atoms. The predicted molar refractivity (Wildman–Crippen MR) is 106 cm³/mol. The highest BCUT2D eigenvalue weighted by Gasteiger charge is 2.35. The Kier molecular flexibility index (Phi) is 4.28. The van der Waals surface area contributed by atoms with Crippen molar-refractivity contribution >= 4 is 11.5 Å². The minimum absolute atomic E-state index is 0.0206. The van der Waals surface area contributed by atoms with E-state index in [0.717, 1.165) is 11.1 Å². The molecule has 2 aromatic carbocycles. The lowest BCUT2D eigenvalue weighted by molar-refractivity contribution is 0.388. The molecule has 0 amide bonds. The number of nitrogens with two attached hydrogens (primary N) is 2. The highest BCUT2D eigenvalue weighted by atomic mass is 16.5. The van der Waals surface area contributed by atoms with Gasteiger partial charge in [0, 0.05) is 29.2 Å². The SMILES string of the molecule is COc1ccc(C2c3ccc(O)cc3Oc3nc(N)c(C#N)c(N)c32)c(OC)c1. The maximum atomic E-state index is 9.92. The molecule has 0 aliphatic carbocycles. The Balaban J connectivity index is 2.06. The number of aromatic hydroxyl groups is 1. The molecule has 1 unspecified atom stereocenters. The number of aromatic nitrogens is 1. The molecule has 8 heteroatoms. The van der Waals surface area contributed by atoms with Crippen molar-refractivity contribution in [2.24, 2.45) is 0 Å². The van der Waals surface area contributed by atoms with Crippen LogP contribution in [0.2, 0.25) is 0 Å². The molecule has 0 radical (unpaired) electrons. The van der Waals surface area contributed by atoms with Gasteiger partial charge < -0.3 is 30.8 Å². The number of anilines is 2. The van der Waals surface area contributed by atoms with Gasteiger partial charge in [-0.1, -0.05) is 12.1 Å². The third kappa shape index (κ3) is 2.80. The lowest BCUT2D eigenvalue weighted by Gasteiger charge is -2.30. The van der Waals surface area contributed by atoms with Gasteiger partial charge in [0.1, 0.15) is 40.4 Å². The Morgan fingerprint density at radius 1 is 1.10 bits per heavy atom. The fourth-order valence-corrected chi connectivity index (χ4v) is 3.58. The van der Waals surface area contributed by atoms with E-state index in [9.17, 15) is 10.4 Å². The normalized spacial score (nSPS) is 14.2. The van der Waals surface area contributed by atoms with Gasteiger partial charge in [-0.25, -0.2) is 0 Å². The minimum Gasteiger partial charge on any atom is -0.508 e. The highest BCUT2D eigenvalue weighted by Crippen LogP contribution is 2.52. The Hall–Kier alpha value is -4.12. The third-order valence-corrected chi connectivity index (χ3v) is 4.93. The largest absolute Gasteiger partial charge is 0.508 e. The summed E-state index contributed by atoms with van der Waals surface area (Å²) in [4.78, 5) is 4.24. The van der Waals surface area contributed by atoms with Gasteiger partial charge in [-0.2, -0.15) is 10.2 Å². The first-order valence-corrected chi connectivity index (χ1v) is 8.70. The zero-order valence-electron chi connectivity index (χ0n) is 15.8. The van der Waals surface area contributed by atoms with Crippen molar-refractivity contribution in [1.82, 2.24) is 4.98 Å². The minimum atomic E-state index is -0.463. The van der Waals surface area contributed by atoms with E-state index in [4.69, 9.17) is 25.7 Å². The van der Waals surface area contributed by atoms with E-state index < -0.39 is 5.92 Å². The molecule has 0 fully saturated rings. The smallest absolute Gasteiger partial charge is 0.227 e. The number of rotatable bonds is 3. The molecular weight excluding hydrogens is 372 g/mol. The first-order valence-electron chi connectivity index (χ1n) is 8.70. The first kappa shape index (κ1) is 18.3. The van der Waals surface area contributed by atoms with E-state index in [1.54, 1.807) is 38.5 Å². The maximum absolute atomic E-state index is 9.92. The average molecular weight is 390 g/mol. The second-order valence-electron chi connectivity index (χ2n) is 6.48. The summed E-state index contributed by atoms with van der Waals surface area (Å²) in [5.74, 6) is 1.35. The van der Waals surface area contributed by atoms with Crippen molar-refractivity contribution in [3.05, 3.63) is 58.7 Å². The Labute approximate surface area is 166 Å². The van der Waals surface area contributed by atoms with Gasteiger partial charge in [-0.3, -0.25) is 0 Å². The van der Waals surface area contributed by atoms with Crippen LogP contribution in [0.3, 0.4) is 0 Å². The lowest BCUT2D eigenvalue weighted by atomic mass is 9.81. The molecule has 2 heterocycles. The van der Waals surface area contributed by atoms with E-state index in [1.165, 1.54) is 6.07 Å². The molecule has 8 nitrogen and oxygen atoms in total. The standard InChI is InChI=1S/C21H18N4O4/c1-27-11-4-6-12(15(8-11)28-2)17-13-5-3-10(26)7-16(13)29-21-18(17)19(23)14(9-22)20(24)25-21/h3-8,17,26H,1-2H3,(H4,23,24,25). The number of hydrogen-bond donors (Lipinski definition) is 3. The van der Waals surface area contributed by atoms with E-state index >= 15 is 0 Å². The number of benzene rings is 2. The summed E-state index contributed by atoms with van der Waals surface area (Å²) in [7, 11) is 3.13. The van der Waals surface area contributed by atoms with Crippen LogP contribution in [0, 0.1) is 11.3 Å². The number of hydrogen-bond acceptors (Lipinski definition) is 8. The molecule has 1 aromatic heterocycles. The van der Waals surface area contributed by atoms with Crippen molar-refractivity contribution in [3.63, 3.8) is 0 Å². The molecule has 29 heavy (non-hydrogen) atoms. The van der Waals surface area contributed by atoms with Crippen LogP contribution >= 0.6 is 0 Å². The van der Waals surface area contributed by atoms with Crippen LogP contribution in [-0.2, 0) is 0 Å². The molecule has 3 aromatic rings. The summed E-state index contributed by atoms with van der Waals surface area (Å²) in [6.07, 6.45) is 0. The number of nitrogens with zero attached hydrogens (tertiary/aromatic N) is 2. The van der Waals surface area contributed by atoms with E-state index in [0.29, 0.717) is 22.8 Å². The van der Waals surface area contributed by atoms with Crippen molar-refractivity contribution in [2.45, 2.75) is 5.92 Å². The zero-order chi connectivity index (χ0) is 20.7. The van der Waals surface area contributed by atoms with Gasteiger partial charge in [0.25, 0.3) is 0 Å². The van der Waals surface area contributed by atoms with Crippen LogP contribution in [0.15, 0.2) is 36.4 Å². The lowest BCUT2D eigenvalue weighted by Crippen LogP contribution is -2.17. The predicted octanol–water partition coefficient (Wildman–Crippen LogP) is 3.13. The van der Waals surface area contributed by atoms with Gasteiger partial charge >= 0.3 is 0 Å². The van der Waals surface area contributed by atoms with Gasteiger partial charge in [0.15, 0.2) is 0 Å². The monoisotopic (exact) mass is 390 g/mol. The van der Waals surface area contributed by atoms with Crippen molar-refractivity contribution in [1.29, 1.82) is 5.26 Å². The third-order valence-electron chi connectivity index (χ3n) is 4.93. The molecule has 5 N–H and O–H groups in total. The van der Waals surface area contributed by atoms with Gasteiger partial charge in [0.2, 0.25) is 5.88 Å². The molecule has 0 saturated carbocycles. The van der Waals surface area contributed by atoms with Crippen molar-refractivity contribution in [2.75, 3.05) is 25.7 Å². The van der Waals surface area contributed by atoms with E-state index in [-0.39, 0.29) is 28.7 Å². The Morgan fingerprint density at radius 3 is 2.55 bits per heavy atom. The summed E-state index contributed by atoms with van der Waals surface area (Å²) >= 11 is 0.